The van der Waals surface area contributed by atoms with Crippen LogP contribution in [0.4, 0.5) is 0 Å². The predicted octanol–water partition coefficient (Wildman–Crippen LogP) is 4.65. The fourth-order valence-electron chi connectivity index (χ4n) is 2.88. The van der Waals surface area contributed by atoms with Gasteiger partial charge in [-0.25, -0.2) is 15.0 Å². The van der Waals surface area contributed by atoms with Gasteiger partial charge in [-0.1, -0.05) is 17.7 Å². The quantitative estimate of drug-likeness (QED) is 0.459. The number of nitrogens with zero attached hydrogens (tertiary/aromatic N) is 4. The van der Waals surface area contributed by atoms with Gasteiger partial charge in [-0.2, -0.15) is 5.26 Å². The van der Waals surface area contributed by atoms with Crippen LogP contribution in [-0.2, 0) is 6.61 Å². The minimum atomic E-state index is 0.246. The fraction of sp³-hybridized carbons (Fsp3) is 0.0909. The molecule has 30 heavy (non-hydrogen) atoms. The summed E-state index contributed by atoms with van der Waals surface area (Å²) in [6, 6.07) is 16.4. The molecule has 0 saturated heterocycles. The number of nitriles is 1. The molecule has 3 aromatic heterocycles. The van der Waals surface area contributed by atoms with Crippen molar-refractivity contribution in [2.75, 3.05) is 7.11 Å². The molecule has 4 aromatic rings. The third-order valence-corrected chi connectivity index (χ3v) is 4.57. The summed E-state index contributed by atoms with van der Waals surface area (Å²) in [5, 5.41) is 9.38. The van der Waals surface area contributed by atoms with Gasteiger partial charge >= 0.3 is 0 Å². The summed E-state index contributed by atoms with van der Waals surface area (Å²) in [7, 11) is 1.60. The van der Waals surface area contributed by atoms with Gasteiger partial charge in [0.1, 0.15) is 40.8 Å². The molecule has 148 valence electrons. The van der Waals surface area contributed by atoms with Gasteiger partial charge in [0.15, 0.2) is 0 Å². The van der Waals surface area contributed by atoms with Crippen molar-refractivity contribution in [1.82, 2.24) is 19.9 Å². The van der Waals surface area contributed by atoms with Crippen LogP contribution >= 0.6 is 11.6 Å². The van der Waals surface area contributed by atoms with E-state index in [4.69, 9.17) is 26.3 Å². The maximum Gasteiger partial charge on any atom is 0.140 e. The molecule has 0 aliphatic rings. The third-order valence-electron chi connectivity index (χ3n) is 4.35. The van der Waals surface area contributed by atoms with Crippen LogP contribution in [0.1, 0.15) is 11.4 Å². The largest absolute Gasteiger partial charge is 0.496 e. The lowest BCUT2D eigenvalue weighted by Gasteiger charge is -2.11. The molecule has 0 spiro atoms. The zero-order valence-electron chi connectivity index (χ0n) is 16.0. The normalized spacial score (nSPS) is 10.4. The number of aromatic nitrogens is 4. The second-order valence-corrected chi connectivity index (χ2v) is 6.68. The van der Waals surface area contributed by atoms with Crippen LogP contribution in [0.2, 0.25) is 5.15 Å². The van der Waals surface area contributed by atoms with Crippen LogP contribution in [0.3, 0.4) is 0 Å². The zero-order valence-corrected chi connectivity index (χ0v) is 16.7. The Morgan fingerprint density at radius 1 is 1.10 bits per heavy atom. The number of H-pyrrole nitrogens is 1. The summed E-state index contributed by atoms with van der Waals surface area (Å²) in [6.45, 7) is 0.246. The molecule has 3 heterocycles. The minimum absolute atomic E-state index is 0.246. The lowest BCUT2D eigenvalue weighted by Crippen LogP contribution is -2.00. The van der Waals surface area contributed by atoms with E-state index in [9.17, 15) is 0 Å². The molecule has 0 atom stereocenters. The summed E-state index contributed by atoms with van der Waals surface area (Å²) in [6.07, 6.45) is 3.40. The van der Waals surface area contributed by atoms with E-state index in [0.29, 0.717) is 33.9 Å². The van der Waals surface area contributed by atoms with Crippen molar-refractivity contribution < 1.29 is 9.47 Å². The number of nitrogens with one attached hydrogen (secondary N) is 1. The van der Waals surface area contributed by atoms with E-state index in [2.05, 4.69) is 19.9 Å². The van der Waals surface area contributed by atoms with E-state index in [1.54, 1.807) is 43.8 Å². The molecular formula is C22H16ClN5O2. The van der Waals surface area contributed by atoms with Crippen molar-refractivity contribution in [2.24, 2.45) is 0 Å². The molecular weight excluding hydrogens is 402 g/mol. The van der Waals surface area contributed by atoms with Crippen molar-refractivity contribution in [3.8, 4) is 40.2 Å². The number of ether oxygens (including phenoxy) is 2. The Morgan fingerprint density at radius 2 is 2.00 bits per heavy atom. The van der Waals surface area contributed by atoms with E-state index in [1.165, 1.54) is 0 Å². The summed E-state index contributed by atoms with van der Waals surface area (Å²) in [4.78, 5) is 16.0. The maximum atomic E-state index is 8.95. The molecule has 0 bridgehead atoms. The average Bonchev–Trinajstić information content (AvgIpc) is 3.28. The number of methoxy groups -OCH3 is 1. The van der Waals surface area contributed by atoms with Gasteiger partial charge in [0, 0.05) is 23.4 Å². The number of benzene rings is 1. The van der Waals surface area contributed by atoms with Crippen LogP contribution in [0.25, 0.3) is 22.6 Å². The molecule has 0 aliphatic carbocycles. The van der Waals surface area contributed by atoms with Crippen molar-refractivity contribution >= 4 is 11.6 Å². The molecule has 0 fully saturated rings. The smallest absolute Gasteiger partial charge is 0.140 e. The van der Waals surface area contributed by atoms with Crippen LogP contribution in [0.15, 0.2) is 60.9 Å². The molecule has 8 heteroatoms. The molecule has 0 unspecified atom stereocenters. The Kier molecular flexibility index (Phi) is 5.59. The standard InChI is InChI=1S/C22H16ClN5O2/c1-29-20-9-17(30-13-16-4-2-3-15(10-24)27-16)6-7-18(20)19-12-26-22(28-19)14-5-8-21(23)25-11-14/h2-9,11-12H,13H2,1H3,(H,26,28). The molecule has 0 amide bonds. The number of pyridine rings is 2. The summed E-state index contributed by atoms with van der Waals surface area (Å²) in [5.41, 5.74) is 3.50. The molecule has 0 aliphatic heterocycles. The highest BCUT2D eigenvalue weighted by molar-refractivity contribution is 6.29. The van der Waals surface area contributed by atoms with Crippen LogP contribution in [0.5, 0.6) is 11.5 Å². The highest BCUT2D eigenvalue weighted by Crippen LogP contribution is 2.33. The van der Waals surface area contributed by atoms with Gasteiger partial charge in [0.05, 0.1) is 24.7 Å². The van der Waals surface area contributed by atoms with E-state index >= 15 is 0 Å². The van der Waals surface area contributed by atoms with Crippen LogP contribution in [0, 0.1) is 11.3 Å². The van der Waals surface area contributed by atoms with E-state index in [-0.39, 0.29) is 6.61 Å². The fourth-order valence-corrected chi connectivity index (χ4v) is 3.00. The highest BCUT2D eigenvalue weighted by atomic mass is 35.5. The van der Waals surface area contributed by atoms with Gasteiger partial charge in [-0.3, -0.25) is 0 Å². The Bertz CT molecular complexity index is 1210. The maximum absolute atomic E-state index is 8.95. The lowest BCUT2D eigenvalue weighted by atomic mass is 10.1. The van der Waals surface area contributed by atoms with Crippen molar-refractivity contribution in [1.29, 1.82) is 5.26 Å². The number of aromatic amines is 1. The second-order valence-electron chi connectivity index (χ2n) is 6.29. The van der Waals surface area contributed by atoms with Crippen LogP contribution < -0.4 is 9.47 Å². The lowest BCUT2D eigenvalue weighted by molar-refractivity contribution is 0.299. The SMILES string of the molecule is COc1cc(OCc2cccc(C#N)n2)ccc1-c1cnc(-c2ccc(Cl)nc2)[nH]1. The molecule has 0 saturated carbocycles. The number of hydrogen-bond acceptors (Lipinski definition) is 6. The van der Waals surface area contributed by atoms with Gasteiger partial charge in [-0.05, 0) is 36.4 Å². The monoisotopic (exact) mass is 417 g/mol. The first kappa shape index (κ1) is 19.4. The first-order chi connectivity index (χ1) is 14.7. The van der Waals surface area contributed by atoms with Crippen molar-refractivity contribution in [2.45, 2.75) is 6.61 Å². The second kappa shape index (κ2) is 8.64. The Labute approximate surface area is 177 Å². The Morgan fingerprint density at radius 3 is 2.77 bits per heavy atom. The minimum Gasteiger partial charge on any atom is -0.496 e. The van der Waals surface area contributed by atoms with E-state index in [0.717, 1.165) is 16.8 Å². The van der Waals surface area contributed by atoms with E-state index < -0.39 is 0 Å². The average molecular weight is 418 g/mol. The number of imidazole rings is 1. The highest BCUT2D eigenvalue weighted by Gasteiger charge is 2.12. The van der Waals surface area contributed by atoms with Gasteiger partial charge in [-0.15, -0.1) is 0 Å². The first-order valence-electron chi connectivity index (χ1n) is 9.00. The van der Waals surface area contributed by atoms with Crippen molar-refractivity contribution in [3.63, 3.8) is 0 Å². The number of hydrogen-bond donors (Lipinski definition) is 1. The molecule has 4 rings (SSSR count). The summed E-state index contributed by atoms with van der Waals surface area (Å²) >= 11 is 5.85. The molecule has 7 nitrogen and oxygen atoms in total. The predicted molar refractivity (Wildman–Crippen MR) is 112 cm³/mol. The summed E-state index contributed by atoms with van der Waals surface area (Å²) in [5.74, 6) is 1.94. The van der Waals surface area contributed by atoms with Crippen LogP contribution in [-0.4, -0.2) is 27.0 Å². The van der Waals surface area contributed by atoms with E-state index in [1.807, 2.05) is 30.3 Å². The Balaban J connectivity index is 1.54. The summed E-state index contributed by atoms with van der Waals surface area (Å²) < 4.78 is 11.4. The molecule has 1 aromatic carbocycles. The topological polar surface area (TPSA) is 96.7 Å². The Hall–Kier alpha value is -3.89. The number of rotatable bonds is 6. The van der Waals surface area contributed by atoms with Crippen molar-refractivity contribution in [3.05, 3.63) is 77.5 Å². The van der Waals surface area contributed by atoms with Gasteiger partial charge in [0.25, 0.3) is 0 Å². The van der Waals surface area contributed by atoms with Gasteiger partial charge in [0.2, 0.25) is 0 Å². The zero-order chi connectivity index (χ0) is 20.9. The first-order valence-corrected chi connectivity index (χ1v) is 9.38. The third kappa shape index (κ3) is 4.24. The molecule has 1 N–H and O–H groups in total. The number of halogens is 1. The molecule has 0 radical (unpaired) electrons. The van der Waals surface area contributed by atoms with Gasteiger partial charge < -0.3 is 14.5 Å².